The zero-order valence-corrected chi connectivity index (χ0v) is 12.8. The van der Waals surface area contributed by atoms with Crippen molar-refractivity contribution in [2.24, 2.45) is 0 Å². The van der Waals surface area contributed by atoms with Crippen molar-refractivity contribution in [3.05, 3.63) is 52.4 Å². The first-order valence-corrected chi connectivity index (χ1v) is 7.27. The Kier molecular flexibility index (Phi) is 5.49. The smallest absolute Gasteiger partial charge is 0.223 e. The molecule has 0 saturated heterocycles. The molecule has 5 heteroatoms. The van der Waals surface area contributed by atoms with Gasteiger partial charge >= 0.3 is 0 Å². The molecule has 0 radical (unpaired) electrons. The van der Waals surface area contributed by atoms with Gasteiger partial charge in [0.25, 0.3) is 0 Å². The van der Waals surface area contributed by atoms with Crippen molar-refractivity contribution in [3.8, 4) is 11.6 Å². The fraction of sp³-hybridized carbons (Fsp3) is 0.267. The molecule has 106 valence electrons. The van der Waals surface area contributed by atoms with Crippen LogP contribution >= 0.6 is 15.9 Å². The molecule has 0 aliphatic rings. The number of aromatic nitrogens is 1. The molecule has 1 aromatic carbocycles. The van der Waals surface area contributed by atoms with Crippen LogP contribution in [0.15, 0.2) is 41.0 Å². The first-order chi connectivity index (χ1) is 9.70. The van der Waals surface area contributed by atoms with E-state index in [0.717, 1.165) is 18.5 Å². The van der Waals surface area contributed by atoms with E-state index in [0.29, 0.717) is 16.9 Å². The molecule has 0 bridgehead atoms. The molecule has 1 aromatic heterocycles. The molecule has 0 saturated carbocycles. The summed E-state index contributed by atoms with van der Waals surface area (Å²) in [5.41, 5.74) is 0.906. The molecule has 0 aliphatic heterocycles. The maximum atomic E-state index is 13.8. The third-order valence-corrected chi connectivity index (χ3v) is 3.19. The van der Waals surface area contributed by atoms with Crippen molar-refractivity contribution in [1.82, 2.24) is 10.3 Å². The second kappa shape index (κ2) is 7.36. The highest BCUT2D eigenvalue weighted by molar-refractivity contribution is 9.10. The van der Waals surface area contributed by atoms with Crippen molar-refractivity contribution in [3.63, 3.8) is 0 Å². The van der Waals surface area contributed by atoms with E-state index < -0.39 is 5.82 Å². The summed E-state index contributed by atoms with van der Waals surface area (Å²) in [6, 6.07) is 8.44. The number of halogens is 2. The fourth-order valence-electron chi connectivity index (χ4n) is 1.71. The zero-order chi connectivity index (χ0) is 14.4. The van der Waals surface area contributed by atoms with E-state index >= 15 is 0 Å². The van der Waals surface area contributed by atoms with Crippen molar-refractivity contribution < 1.29 is 9.13 Å². The van der Waals surface area contributed by atoms with Crippen LogP contribution in [0.25, 0.3) is 0 Å². The van der Waals surface area contributed by atoms with Gasteiger partial charge in [0.05, 0.1) is 0 Å². The normalized spacial score (nSPS) is 10.6. The van der Waals surface area contributed by atoms with Crippen molar-refractivity contribution >= 4 is 15.9 Å². The SMILES string of the molecule is CCCNCc1cccnc1Oc1ccc(Br)cc1F. The van der Waals surface area contributed by atoms with E-state index in [9.17, 15) is 4.39 Å². The maximum Gasteiger partial charge on any atom is 0.223 e. The predicted molar refractivity (Wildman–Crippen MR) is 80.4 cm³/mol. The lowest BCUT2D eigenvalue weighted by Gasteiger charge is -2.11. The minimum absolute atomic E-state index is 0.170. The van der Waals surface area contributed by atoms with E-state index in [1.54, 1.807) is 18.3 Å². The lowest BCUT2D eigenvalue weighted by Crippen LogP contribution is -2.14. The molecule has 2 rings (SSSR count). The number of hydrogen-bond acceptors (Lipinski definition) is 3. The van der Waals surface area contributed by atoms with Crippen LogP contribution in [0.4, 0.5) is 4.39 Å². The minimum Gasteiger partial charge on any atom is -0.436 e. The predicted octanol–water partition coefficient (Wildman–Crippen LogP) is 4.28. The summed E-state index contributed by atoms with van der Waals surface area (Å²) < 4.78 is 20.0. The molecule has 0 fully saturated rings. The van der Waals surface area contributed by atoms with Crippen LogP contribution in [0.5, 0.6) is 11.6 Å². The standard InChI is InChI=1S/C15H16BrFN2O/c1-2-7-18-10-11-4-3-8-19-15(11)20-14-6-5-12(16)9-13(14)17/h3-6,8-9,18H,2,7,10H2,1H3. The van der Waals surface area contributed by atoms with Gasteiger partial charge in [0.2, 0.25) is 5.88 Å². The third-order valence-electron chi connectivity index (χ3n) is 2.69. The monoisotopic (exact) mass is 338 g/mol. The number of nitrogens with one attached hydrogen (secondary N) is 1. The lowest BCUT2D eigenvalue weighted by molar-refractivity contribution is 0.420. The highest BCUT2D eigenvalue weighted by atomic mass is 79.9. The Morgan fingerprint density at radius 3 is 2.95 bits per heavy atom. The average Bonchev–Trinajstić information content (AvgIpc) is 2.44. The van der Waals surface area contributed by atoms with Gasteiger partial charge in [-0.15, -0.1) is 0 Å². The quantitative estimate of drug-likeness (QED) is 0.798. The van der Waals surface area contributed by atoms with Crippen LogP contribution < -0.4 is 10.1 Å². The van der Waals surface area contributed by atoms with Crippen molar-refractivity contribution in [2.75, 3.05) is 6.54 Å². The van der Waals surface area contributed by atoms with Crippen molar-refractivity contribution in [1.29, 1.82) is 0 Å². The molecule has 0 unspecified atom stereocenters. The Morgan fingerprint density at radius 2 is 2.20 bits per heavy atom. The van der Waals surface area contributed by atoms with E-state index in [-0.39, 0.29) is 5.75 Å². The molecule has 2 aromatic rings. The fourth-order valence-corrected chi connectivity index (χ4v) is 2.05. The molecule has 0 spiro atoms. The van der Waals surface area contributed by atoms with Gasteiger partial charge in [-0.1, -0.05) is 28.9 Å². The van der Waals surface area contributed by atoms with Crippen LogP contribution in [-0.2, 0) is 6.54 Å². The van der Waals surface area contributed by atoms with Crippen LogP contribution in [-0.4, -0.2) is 11.5 Å². The van der Waals surface area contributed by atoms with E-state index in [2.05, 4.69) is 33.2 Å². The second-order valence-electron chi connectivity index (χ2n) is 4.32. The summed E-state index contributed by atoms with van der Waals surface area (Å²) in [6.45, 7) is 3.67. The van der Waals surface area contributed by atoms with Gasteiger partial charge in [0.15, 0.2) is 11.6 Å². The van der Waals surface area contributed by atoms with Gasteiger partial charge in [-0.25, -0.2) is 9.37 Å². The molecular weight excluding hydrogens is 323 g/mol. The molecule has 1 heterocycles. The Bertz CT molecular complexity index is 578. The Hall–Kier alpha value is -1.46. The average molecular weight is 339 g/mol. The molecule has 20 heavy (non-hydrogen) atoms. The molecule has 1 N–H and O–H groups in total. The van der Waals surface area contributed by atoms with Gasteiger partial charge in [0.1, 0.15) is 0 Å². The summed E-state index contributed by atoms with van der Waals surface area (Å²) >= 11 is 3.22. The van der Waals surface area contributed by atoms with Crippen LogP contribution in [0.2, 0.25) is 0 Å². The van der Waals surface area contributed by atoms with Crippen LogP contribution in [0.1, 0.15) is 18.9 Å². The van der Waals surface area contributed by atoms with Gasteiger partial charge in [0, 0.05) is 22.8 Å². The van der Waals surface area contributed by atoms with Gasteiger partial charge in [-0.3, -0.25) is 0 Å². The van der Waals surface area contributed by atoms with E-state index in [1.165, 1.54) is 6.07 Å². The Morgan fingerprint density at radius 1 is 1.35 bits per heavy atom. The molecule has 3 nitrogen and oxygen atoms in total. The van der Waals surface area contributed by atoms with Gasteiger partial charge in [-0.05, 0) is 37.2 Å². The number of benzene rings is 1. The van der Waals surface area contributed by atoms with Crippen LogP contribution in [0, 0.1) is 5.82 Å². The first-order valence-electron chi connectivity index (χ1n) is 6.48. The summed E-state index contributed by atoms with van der Waals surface area (Å²) in [6.07, 6.45) is 2.69. The summed E-state index contributed by atoms with van der Waals surface area (Å²) in [7, 11) is 0. The summed E-state index contributed by atoms with van der Waals surface area (Å²) in [5.74, 6) is 0.179. The molecule has 0 amide bonds. The number of ether oxygens (including phenoxy) is 1. The molecule has 0 aliphatic carbocycles. The van der Waals surface area contributed by atoms with Crippen molar-refractivity contribution in [2.45, 2.75) is 19.9 Å². The summed E-state index contributed by atoms with van der Waals surface area (Å²) in [5, 5.41) is 3.28. The van der Waals surface area contributed by atoms with Crippen LogP contribution in [0.3, 0.4) is 0 Å². The van der Waals surface area contributed by atoms with Gasteiger partial charge in [-0.2, -0.15) is 0 Å². The molecule has 0 atom stereocenters. The second-order valence-corrected chi connectivity index (χ2v) is 5.24. The Labute approximate surface area is 126 Å². The summed E-state index contributed by atoms with van der Waals surface area (Å²) in [4.78, 5) is 4.18. The maximum absolute atomic E-state index is 13.8. The van der Waals surface area contributed by atoms with E-state index in [4.69, 9.17) is 4.74 Å². The third kappa shape index (κ3) is 4.02. The number of pyridine rings is 1. The topological polar surface area (TPSA) is 34.2 Å². The Balaban J connectivity index is 2.16. The van der Waals surface area contributed by atoms with E-state index in [1.807, 2.05) is 12.1 Å². The van der Waals surface area contributed by atoms with Gasteiger partial charge < -0.3 is 10.1 Å². The lowest BCUT2D eigenvalue weighted by atomic mass is 10.2. The molecular formula is C15H16BrFN2O. The largest absolute Gasteiger partial charge is 0.436 e. The number of rotatable bonds is 6. The minimum atomic E-state index is -0.419. The highest BCUT2D eigenvalue weighted by Gasteiger charge is 2.09. The number of nitrogens with zero attached hydrogens (tertiary/aromatic N) is 1. The first kappa shape index (κ1) is 14.9. The highest BCUT2D eigenvalue weighted by Crippen LogP contribution is 2.27. The zero-order valence-electron chi connectivity index (χ0n) is 11.2. The number of hydrogen-bond donors (Lipinski definition) is 1.